The summed E-state index contributed by atoms with van der Waals surface area (Å²) < 4.78 is 34.4. The van der Waals surface area contributed by atoms with Crippen LogP contribution in [0.4, 0.5) is 0 Å². The van der Waals surface area contributed by atoms with Gasteiger partial charge in [0.25, 0.3) is 0 Å². The third kappa shape index (κ3) is 2.16. The number of carbonyl (C=O) groups is 1. The summed E-state index contributed by atoms with van der Waals surface area (Å²) in [7, 11) is -0.414. The van der Waals surface area contributed by atoms with Crippen molar-refractivity contribution < 1.29 is 22.7 Å². The molecule has 6 heteroatoms. The summed E-state index contributed by atoms with van der Waals surface area (Å²) in [4.78, 5) is 12.0. The Kier molecular flexibility index (Phi) is 3.41. The fourth-order valence-corrected chi connectivity index (χ4v) is 4.07. The van der Waals surface area contributed by atoms with Gasteiger partial charge in [-0.1, -0.05) is 18.2 Å². The fourth-order valence-electron chi connectivity index (χ4n) is 2.63. The second-order valence-corrected chi connectivity index (χ2v) is 6.89. The quantitative estimate of drug-likeness (QED) is 0.869. The molecule has 0 aliphatic carbocycles. The summed E-state index contributed by atoms with van der Waals surface area (Å²) in [6.45, 7) is 0. The van der Waals surface area contributed by atoms with Gasteiger partial charge < -0.3 is 9.47 Å². The highest BCUT2D eigenvalue weighted by molar-refractivity contribution is 7.92. The number of methoxy groups -OCH3 is 2. The molecule has 0 bridgehead atoms. The van der Waals surface area contributed by atoms with E-state index in [-0.39, 0.29) is 16.2 Å². The summed E-state index contributed by atoms with van der Waals surface area (Å²) in [6.07, 6.45) is 0. The highest BCUT2D eigenvalue weighted by Gasteiger charge is 2.33. The van der Waals surface area contributed by atoms with Gasteiger partial charge in [0.2, 0.25) is 0 Å². The Morgan fingerprint density at radius 2 is 1.77 bits per heavy atom. The number of hydrogen-bond acceptors (Lipinski definition) is 5. The van der Waals surface area contributed by atoms with E-state index in [9.17, 15) is 13.2 Å². The van der Waals surface area contributed by atoms with Crippen LogP contribution < -0.4 is 9.47 Å². The molecule has 0 atom stereocenters. The number of rotatable bonds is 3. The van der Waals surface area contributed by atoms with E-state index in [1.165, 1.54) is 13.2 Å². The molecular formula is C16H14O5S. The molecule has 0 amide bonds. The second-order valence-electron chi connectivity index (χ2n) is 4.93. The molecule has 1 heterocycles. The monoisotopic (exact) mass is 318 g/mol. The molecule has 2 aromatic carbocycles. The van der Waals surface area contributed by atoms with Crippen molar-refractivity contribution in [3.05, 3.63) is 42.0 Å². The van der Waals surface area contributed by atoms with E-state index in [0.717, 1.165) is 5.56 Å². The number of fused-ring (bicyclic) bond motifs is 1. The average Bonchev–Trinajstić information content (AvgIpc) is 2.75. The number of Topliss-reactive ketones (excluding diaryl/α,β-unsaturated/α-hetero) is 1. The number of ether oxygens (including phenoxy) is 2. The Labute approximate surface area is 128 Å². The summed E-state index contributed by atoms with van der Waals surface area (Å²) in [5.74, 6) is 0.275. The van der Waals surface area contributed by atoms with Gasteiger partial charge in [0.05, 0.1) is 19.1 Å². The van der Waals surface area contributed by atoms with Gasteiger partial charge in [0.15, 0.2) is 27.1 Å². The van der Waals surface area contributed by atoms with Crippen molar-refractivity contribution in [1.82, 2.24) is 0 Å². The molecule has 5 nitrogen and oxygen atoms in total. The number of ketones is 1. The van der Waals surface area contributed by atoms with Crippen molar-refractivity contribution in [2.24, 2.45) is 0 Å². The first-order valence-electron chi connectivity index (χ1n) is 6.59. The zero-order valence-electron chi connectivity index (χ0n) is 12.1. The van der Waals surface area contributed by atoms with Crippen molar-refractivity contribution in [1.29, 1.82) is 0 Å². The van der Waals surface area contributed by atoms with Crippen LogP contribution >= 0.6 is 0 Å². The first kappa shape index (κ1) is 14.6. The van der Waals surface area contributed by atoms with Crippen LogP contribution in [0.2, 0.25) is 0 Å². The Morgan fingerprint density at radius 3 is 2.45 bits per heavy atom. The van der Waals surface area contributed by atoms with E-state index in [4.69, 9.17) is 9.47 Å². The molecule has 0 unspecified atom stereocenters. The smallest absolute Gasteiger partial charge is 0.186 e. The van der Waals surface area contributed by atoms with Crippen molar-refractivity contribution in [2.75, 3.05) is 20.0 Å². The topological polar surface area (TPSA) is 69.7 Å². The zero-order valence-corrected chi connectivity index (χ0v) is 12.9. The van der Waals surface area contributed by atoms with Crippen LogP contribution in [0.3, 0.4) is 0 Å². The fraction of sp³-hybridized carbons (Fsp3) is 0.188. The summed E-state index contributed by atoms with van der Waals surface area (Å²) in [6, 6.07) is 10.2. The molecule has 0 N–H and O–H groups in total. The Bertz CT molecular complexity index is 868. The number of para-hydroxylation sites is 1. The van der Waals surface area contributed by atoms with Gasteiger partial charge in [-0.05, 0) is 23.8 Å². The third-order valence-electron chi connectivity index (χ3n) is 3.65. The molecule has 1 aliphatic heterocycles. The Hall–Kier alpha value is -2.34. The average molecular weight is 318 g/mol. The van der Waals surface area contributed by atoms with E-state index < -0.39 is 15.6 Å². The lowest BCUT2D eigenvalue weighted by atomic mass is 10.0. The first-order chi connectivity index (χ1) is 10.5. The van der Waals surface area contributed by atoms with Crippen LogP contribution in [0, 0.1) is 0 Å². The van der Waals surface area contributed by atoms with Crippen molar-refractivity contribution in [3.63, 3.8) is 0 Å². The lowest BCUT2D eigenvalue weighted by Gasteiger charge is -2.13. The van der Waals surface area contributed by atoms with Gasteiger partial charge in [-0.25, -0.2) is 8.42 Å². The molecule has 0 aromatic heterocycles. The highest BCUT2D eigenvalue weighted by atomic mass is 32.2. The van der Waals surface area contributed by atoms with E-state index in [0.29, 0.717) is 17.1 Å². The zero-order chi connectivity index (χ0) is 15.9. The van der Waals surface area contributed by atoms with Gasteiger partial charge in [-0.15, -0.1) is 0 Å². The van der Waals surface area contributed by atoms with Crippen LogP contribution in [0.5, 0.6) is 11.5 Å². The molecule has 0 fully saturated rings. The molecule has 3 rings (SSSR count). The molecule has 0 spiro atoms. The summed E-state index contributed by atoms with van der Waals surface area (Å²) in [5, 5.41) is 0. The van der Waals surface area contributed by atoms with E-state index >= 15 is 0 Å². The van der Waals surface area contributed by atoms with Gasteiger partial charge >= 0.3 is 0 Å². The number of carbonyl (C=O) groups excluding carboxylic acids is 1. The number of benzene rings is 2. The van der Waals surface area contributed by atoms with Crippen LogP contribution in [-0.2, 0) is 9.84 Å². The van der Waals surface area contributed by atoms with Crippen LogP contribution in [-0.4, -0.2) is 34.2 Å². The molecule has 1 aliphatic rings. The molecule has 2 aromatic rings. The van der Waals surface area contributed by atoms with Crippen molar-refractivity contribution in [3.8, 4) is 22.6 Å². The van der Waals surface area contributed by atoms with E-state index in [1.807, 2.05) is 12.1 Å². The number of hydrogen-bond donors (Lipinski definition) is 0. The van der Waals surface area contributed by atoms with Gasteiger partial charge in [-0.3, -0.25) is 4.79 Å². The van der Waals surface area contributed by atoms with Gasteiger partial charge in [0, 0.05) is 11.1 Å². The van der Waals surface area contributed by atoms with Gasteiger partial charge in [0.1, 0.15) is 5.75 Å². The molecule has 0 saturated carbocycles. The lowest BCUT2D eigenvalue weighted by molar-refractivity contribution is 0.102. The summed E-state index contributed by atoms with van der Waals surface area (Å²) in [5.41, 5.74) is 1.68. The van der Waals surface area contributed by atoms with E-state index in [1.54, 1.807) is 25.3 Å². The van der Waals surface area contributed by atoms with Crippen LogP contribution in [0.1, 0.15) is 10.4 Å². The first-order valence-corrected chi connectivity index (χ1v) is 8.24. The predicted octanol–water partition coefficient (Wildman–Crippen LogP) is 2.34. The largest absolute Gasteiger partial charge is 0.493 e. The minimum Gasteiger partial charge on any atom is -0.493 e. The van der Waals surface area contributed by atoms with Crippen molar-refractivity contribution in [2.45, 2.75) is 4.90 Å². The number of sulfone groups is 1. The maximum atomic E-state index is 11.9. The molecule has 114 valence electrons. The Balaban J connectivity index is 2.20. The lowest BCUT2D eigenvalue weighted by Crippen LogP contribution is -2.03. The van der Waals surface area contributed by atoms with Gasteiger partial charge in [-0.2, -0.15) is 0 Å². The molecule has 0 radical (unpaired) electrons. The SMILES string of the molecule is COc1cccc(-c2ccc3c(c2)C(=O)CS3(=O)=O)c1OC. The van der Waals surface area contributed by atoms with E-state index in [2.05, 4.69) is 0 Å². The minimum atomic E-state index is -3.49. The Morgan fingerprint density at radius 1 is 1.00 bits per heavy atom. The normalized spacial score (nSPS) is 15.5. The van der Waals surface area contributed by atoms with Crippen LogP contribution in [0.15, 0.2) is 41.3 Å². The summed E-state index contributed by atoms with van der Waals surface area (Å²) >= 11 is 0. The maximum absolute atomic E-state index is 11.9. The predicted molar refractivity (Wildman–Crippen MR) is 81.4 cm³/mol. The molecule has 0 saturated heterocycles. The maximum Gasteiger partial charge on any atom is 0.186 e. The minimum absolute atomic E-state index is 0.100. The highest BCUT2D eigenvalue weighted by Crippen LogP contribution is 2.39. The van der Waals surface area contributed by atoms with Crippen molar-refractivity contribution >= 4 is 15.6 Å². The molecule has 22 heavy (non-hydrogen) atoms. The standard InChI is InChI=1S/C16H14O5S/c1-20-14-5-3-4-11(16(14)21-2)10-6-7-15-12(8-10)13(17)9-22(15,18)19/h3-8H,9H2,1-2H3. The third-order valence-corrected chi connectivity index (χ3v) is 5.32. The second kappa shape index (κ2) is 5.14. The molecular weight excluding hydrogens is 304 g/mol. The van der Waals surface area contributed by atoms with Crippen LogP contribution in [0.25, 0.3) is 11.1 Å².